The minimum Gasteiger partial charge on any atom is -0.345 e. The molecule has 0 aliphatic rings. The highest BCUT2D eigenvalue weighted by atomic mass is 19.1. The van der Waals surface area contributed by atoms with Gasteiger partial charge in [-0.15, -0.1) is 0 Å². The maximum Gasteiger partial charge on any atom is 0.282 e. The van der Waals surface area contributed by atoms with Crippen LogP contribution in [0.4, 0.5) is 14.5 Å². The summed E-state index contributed by atoms with van der Waals surface area (Å²) in [5.41, 5.74) is 0.630. The van der Waals surface area contributed by atoms with Crippen molar-refractivity contribution in [2.24, 2.45) is 0 Å². The number of hydrogen-bond acceptors (Lipinski definition) is 3. The second-order valence-corrected chi connectivity index (χ2v) is 6.19. The average Bonchev–Trinajstić information content (AvgIpc) is 2.67. The van der Waals surface area contributed by atoms with Crippen molar-refractivity contribution in [3.63, 3.8) is 0 Å². The fourth-order valence-corrected chi connectivity index (χ4v) is 2.94. The van der Waals surface area contributed by atoms with Crippen molar-refractivity contribution in [2.45, 2.75) is 12.5 Å². The highest BCUT2D eigenvalue weighted by Crippen LogP contribution is 2.23. The van der Waals surface area contributed by atoms with Crippen LogP contribution in [-0.2, 0) is 6.42 Å². The third-order valence-electron chi connectivity index (χ3n) is 4.23. The van der Waals surface area contributed by atoms with Crippen LogP contribution < -0.4 is 5.32 Å². The van der Waals surface area contributed by atoms with Gasteiger partial charge in [-0.3, -0.25) is 14.9 Å². The molecule has 0 aromatic heterocycles. The number of halogens is 2. The topological polar surface area (TPSA) is 72.2 Å². The first-order valence-corrected chi connectivity index (χ1v) is 8.48. The lowest BCUT2D eigenvalue weighted by Crippen LogP contribution is -2.30. The van der Waals surface area contributed by atoms with E-state index in [1.165, 1.54) is 60.7 Å². The summed E-state index contributed by atoms with van der Waals surface area (Å²) < 4.78 is 27.2. The Bertz CT molecular complexity index is 1020. The molecule has 3 aromatic rings. The quantitative estimate of drug-likeness (QED) is 0.501. The lowest BCUT2D eigenvalue weighted by Gasteiger charge is -2.20. The fourth-order valence-electron chi connectivity index (χ4n) is 2.94. The third-order valence-corrected chi connectivity index (χ3v) is 4.23. The van der Waals surface area contributed by atoms with E-state index >= 15 is 0 Å². The summed E-state index contributed by atoms with van der Waals surface area (Å²) >= 11 is 0. The van der Waals surface area contributed by atoms with E-state index in [0.29, 0.717) is 11.1 Å². The molecule has 1 N–H and O–H groups in total. The zero-order valence-corrected chi connectivity index (χ0v) is 14.6. The van der Waals surface area contributed by atoms with Crippen LogP contribution in [0.15, 0.2) is 72.8 Å². The van der Waals surface area contributed by atoms with E-state index in [0.717, 1.165) is 0 Å². The molecule has 3 aromatic carbocycles. The van der Waals surface area contributed by atoms with Crippen LogP contribution in [-0.4, -0.2) is 10.8 Å². The lowest BCUT2D eigenvalue weighted by molar-refractivity contribution is -0.385. The molecule has 0 aliphatic carbocycles. The minimum atomic E-state index is -0.704. The first kappa shape index (κ1) is 19.2. The molecule has 1 unspecified atom stereocenters. The molecule has 5 nitrogen and oxygen atoms in total. The highest BCUT2D eigenvalue weighted by molar-refractivity contribution is 5.98. The lowest BCUT2D eigenvalue weighted by atomic mass is 9.98. The Morgan fingerprint density at radius 2 is 1.64 bits per heavy atom. The van der Waals surface area contributed by atoms with Gasteiger partial charge in [-0.05, 0) is 47.9 Å². The molecular formula is C21H16F2N2O3. The predicted octanol–water partition coefficient (Wildman–Crippen LogP) is 4.59. The Hall–Kier alpha value is -3.61. The zero-order chi connectivity index (χ0) is 20.1. The van der Waals surface area contributed by atoms with Gasteiger partial charge in [0.05, 0.1) is 11.0 Å². The monoisotopic (exact) mass is 382 g/mol. The Balaban J connectivity index is 1.93. The van der Waals surface area contributed by atoms with Gasteiger partial charge < -0.3 is 5.32 Å². The van der Waals surface area contributed by atoms with Crippen LogP contribution in [0.2, 0.25) is 0 Å². The summed E-state index contributed by atoms with van der Waals surface area (Å²) in [7, 11) is 0. The van der Waals surface area contributed by atoms with Gasteiger partial charge in [0.2, 0.25) is 0 Å². The molecule has 1 amide bonds. The second-order valence-electron chi connectivity index (χ2n) is 6.19. The number of rotatable bonds is 6. The first-order valence-electron chi connectivity index (χ1n) is 8.48. The SMILES string of the molecule is O=C(NC(Cc1cccc(F)c1)c1cccc(F)c1)c1ccccc1[N+](=O)[O-]. The van der Waals surface area contributed by atoms with Crippen molar-refractivity contribution < 1.29 is 18.5 Å². The van der Waals surface area contributed by atoms with Crippen molar-refractivity contribution >= 4 is 11.6 Å². The van der Waals surface area contributed by atoms with Gasteiger partial charge >= 0.3 is 0 Å². The van der Waals surface area contributed by atoms with E-state index in [9.17, 15) is 23.7 Å². The van der Waals surface area contributed by atoms with Crippen LogP contribution in [0.5, 0.6) is 0 Å². The highest BCUT2D eigenvalue weighted by Gasteiger charge is 2.23. The molecule has 0 fully saturated rings. The number of benzene rings is 3. The summed E-state index contributed by atoms with van der Waals surface area (Å²) in [6.45, 7) is 0. The molecule has 0 heterocycles. The average molecular weight is 382 g/mol. The Morgan fingerprint density at radius 1 is 0.964 bits per heavy atom. The van der Waals surface area contributed by atoms with E-state index in [2.05, 4.69) is 5.32 Å². The number of amides is 1. The Kier molecular flexibility index (Phi) is 5.74. The van der Waals surface area contributed by atoms with Crippen molar-refractivity contribution in [3.05, 3.63) is 111 Å². The van der Waals surface area contributed by atoms with Gasteiger partial charge in [-0.2, -0.15) is 0 Å². The van der Waals surface area contributed by atoms with Crippen molar-refractivity contribution in [2.75, 3.05) is 0 Å². The van der Waals surface area contributed by atoms with Crippen LogP contribution in [0.3, 0.4) is 0 Å². The van der Waals surface area contributed by atoms with Crippen LogP contribution in [0.25, 0.3) is 0 Å². The van der Waals surface area contributed by atoms with Gasteiger partial charge in [-0.1, -0.05) is 36.4 Å². The molecule has 7 heteroatoms. The molecule has 0 spiro atoms. The summed E-state index contributed by atoms with van der Waals surface area (Å²) in [5, 5.41) is 13.9. The van der Waals surface area contributed by atoms with Gasteiger partial charge in [0.1, 0.15) is 17.2 Å². The zero-order valence-electron chi connectivity index (χ0n) is 14.6. The number of para-hydroxylation sites is 1. The molecule has 0 radical (unpaired) electrons. The van der Waals surface area contributed by atoms with E-state index in [4.69, 9.17) is 0 Å². The summed E-state index contributed by atoms with van der Waals surface area (Å²) in [6, 6.07) is 16.4. The maximum absolute atomic E-state index is 13.7. The number of nitro groups is 1. The second kappa shape index (κ2) is 8.39. The standard InChI is InChI=1S/C21H16F2N2O3/c22-16-7-3-5-14(11-16)12-19(15-6-4-8-17(23)13-15)24-21(26)18-9-1-2-10-20(18)25(27)28/h1-11,13,19H,12H2,(H,24,26). The van der Waals surface area contributed by atoms with Crippen molar-refractivity contribution in [1.82, 2.24) is 5.32 Å². The number of carbonyl (C=O) groups is 1. The number of carbonyl (C=O) groups excluding carboxylic acids is 1. The van der Waals surface area contributed by atoms with Gasteiger partial charge in [0.25, 0.3) is 11.6 Å². The van der Waals surface area contributed by atoms with E-state index in [1.807, 2.05) is 0 Å². The largest absolute Gasteiger partial charge is 0.345 e. The fraction of sp³-hybridized carbons (Fsp3) is 0.0952. The normalized spacial score (nSPS) is 11.6. The molecule has 0 bridgehead atoms. The predicted molar refractivity (Wildman–Crippen MR) is 99.8 cm³/mol. The number of nitrogens with one attached hydrogen (secondary N) is 1. The van der Waals surface area contributed by atoms with E-state index in [-0.39, 0.29) is 17.7 Å². The van der Waals surface area contributed by atoms with Gasteiger partial charge in [0, 0.05) is 6.07 Å². The molecular weight excluding hydrogens is 366 g/mol. The molecule has 0 saturated heterocycles. The first-order chi connectivity index (χ1) is 13.4. The van der Waals surface area contributed by atoms with Crippen molar-refractivity contribution in [3.8, 4) is 0 Å². The van der Waals surface area contributed by atoms with Crippen LogP contribution >= 0.6 is 0 Å². The van der Waals surface area contributed by atoms with E-state index in [1.54, 1.807) is 12.1 Å². The summed E-state index contributed by atoms with van der Waals surface area (Å²) in [4.78, 5) is 23.3. The third kappa shape index (κ3) is 4.56. The molecule has 1 atom stereocenters. The van der Waals surface area contributed by atoms with Gasteiger partial charge in [-0.25, -0.2) is 8.78 Å². The molecule has 0 saturated carbocycles. The number of nitrogens with zero attached hydrogens (tertiary/aromatic N) is 1. The maximum atomic E-state index is 13.7. The molecule has 0 aliphatic heterocycles. The summed E-state index contributed by atoms with van der Waals surface area (Å²) in [5.74, 6) is -1.58. The van der Waals surface area contributed by atoms with Crippen molar-refractivity contribution in [1.29, 1.82) is 0 Å². The van der Waals surface area contributed by atoms with Crippen LogP contribution in [0, 0.1) is 21.7 Å². The minimum absolute atomic E-state index is 0.104. The van der Waals surface area contributed by atoms with E-state index < -0.39 is 28.5 Å². The number of hydrogen-bond donors (Lipinski definition) is 1. The smallest absolute Gasteiger partial charge is 0.282 e. The molecule has 142 valence electrons. The van der Waals surface area contributed by atoms with Crippen LogP contribution in [0.1, 0.15) is 27.5 Å². The Morgan fingerprint density at radius 3 is 2.32 bits per heavy atom. The number of nitro benzene ring substituents is 1. The summed E-state index contributed by atoms with van der Waals surface area (Å²) in [6.07, 6.45) is 0.188. The molecule has 28 heavy (non-hydrogen) atoms. The van der Waals surface area contributed by atoms with Gasteiger partial charge in [0.15, 0.2) is 0 Å². The molecule has 3 rings (SSSR count). The Labute approximate surface area is 159 Å².